The van der Waals surface area contributed by atoms with E-state index in [0.717, 1.165) is 43.3 Å². The zero-order valence-electron chi connectivity index (χ0n) is 26.1. The fourth-order valence-electron chi connectivity index (χ4n) is 6.76. The first-order valence-corrected chi connectivity index (χ1v) is 15.3. The van der Waals surface area contributed by atoms with Gasteiger partial charge >= 0.3 is 5.97 Å². The Balaban J connectivity index is 1.52. The minimum atomic E-state index is -0.659. The van der Waals surface area contributed by atoms with E-state index in [-0.39, 0.29) is 36.5 Å². The highest BCUT2D eigenvalue weighted by molar-refractivity contribution is 5.91. The molecule has 0 unspecified atom stereocenters. The van der Waals surface area contributed by atoms with Gasteiger partial charge in [-0.1, -0.05) is 40.5 Å². The summed E-state index contributed by atoms with van der Waals surface area (Å²) < 4.78 is 18.0. The number of esters is 1. The van der Waals surface area contributed by atoms with E-state index < -0.39 is 29.1 Å². The number of aromatic nitrogens is 2. The molecule has 1 saturated carbocycles. The number of ether oxygens (including phenoxy) is 3. The number of fused-ring (bicyclic) bond motifs is 5. The summed E-state index contributed by atoms with van der Waals surface area (Å²) in [5, 5.41) is 0. The first kappa shape index (κ1) is 30.2. The van der Waals surface area contributed by atoms with Crippen molar-refractivity contribution in [1.29, 1.82) is 0 Å². The Morgan fingerprint density at radius 1 is 1.12 bits per heavy atom. The number of Topliss-reactive ketones (excluding diaryl/α,β-unsaturated/α-hetero) is 1. The van der Waals surface area contributed by atoms with Gasteiger partial charge in [-0.25, -0.2) is 9.97 Å². The molecule has 228 valence electrons. The molecule has 0 radical (unpaired) electrons. The Kier molecular flexibility index (Phi) is 8.25. The van der Waals surface area contributed by atoms with Crippen LogP contribution in [0.3, 0.4) is 0 Å². The summed E-state index contributed by atoms with van der Waals surface area (Å²) in [4.78, 5) is 51.8. The van der Waals surface area contributed by atoms with Crippen LogP contribution in [0.25, 0.3) is 11.0 Å². The first-order chi connectivity index (χ1) is 19.8. The predicted molar refractivity (Wildman–Crippen MR) is 158 cm³/mol. The molecular formula is C33H45N3O6. The van der Waals surface area contributed by atoms with E-state index in [2.05, 4.69) is 0 Å². The van der Waals surface area contributed by atoms with Crippen molar-refractivity contribution in [2.24, 2.45) is 23.2 Å². The van der Waals surface area contributed by atoms with Crippen LogP contribution < -0.4 is 9.47 Å². The van der Waals surface area contributed by atoms with Crippen LogP contribution in [0.2, 0.25) is 0 Å². The third kappa shape index (κ3) is 6.11. The molecule has 1 aromatic heterocycles. The maximum absolute atomic E-state index is 14.2. The normalized spacial score (nSPS) is 30.8. The molecule has 1 amide bonds. The number of rotatable bonds is 2. The lowest BCUT2D eigenvalue weighted by Crippen LogP contribution is -2.48. The number of carbonyl (C=O) groups excluding carboxylic acids is 3. The maximum Gasteiger partial charge on any atom is 0.307 e. The van der Waals surface area contributed by atoms with Crippen molar-refractivity contribution in [3.63, 3.8) is 0 Å². The Morgan fingerprint density at radius 3 is 2.57 bits per heavy atom. The minimum absolute atomic E-state index is 0.0200. The molecule has 1 aromatic carbocycles. The number of ketones is 1. The van der Waals surface area contributed by atoms with E-state index in [9.17, 15) is 14.4 Å². The quantitative estimate of drug-likeness (QED) is 0.441. The summed E-state index contributed by atoms with van der Waals surface area (Å²) >= 11 is 0. The van der Waals surface area contributed by atoms with Crippen LogP contribution in [0.15, 0.2) is 18.2 Å². The predicted octanol–water partition coefficient (Wildman–Crippen LogP) is 5.31. The van der Waals surface area contributed by atoms with Gasteiger partial charge in [0, 0.05) is 17.9 Å². The summed E-state index contributed by atoms with van der Waals surface area (Å²) in [6.07, 6.45) is 5.03. The molecule has 1 aliphatic carbocycles. The molecular weight excluding hydrogens is 534 g/mol. The molecule has 6 atom stereocenters. The maximum atomic E-state index is 14.2. The summed E-state index contributed by atoms with van der Waals surface area (Å²) in [6, 6.07) is 4.95. The molecule has 2 fully saturated rings. The van der Waals surface area contributed by atoms with Crippen LogP contribution in [-0.2, 0) is 25.5 Å². The van der Waals surface area contributed by atoms with Gasteiger partial charge in [0.05, 0.1) is 43.1 Å². The summed E-state index contributed by atoms with van der Waals surface area (Å²) in [7, 11) is 1.61. The third-order valence-electron chi connectivity index (χ3n) is 9.55. The van der Waals surface area contributed by atoms with Crippen LogP contribution in [0.1, 0.15) is 85.8 Å². The Bertz CT molecular complexity index is 1370. The average Bonchev–Trinajstić information content (AvgIpc) is 3.43. The molecule has 5 rings (SSSR count). The van der Waals surface area contributed by atoms with E-state index in [0.29, 0.717) is 29.5 Å². The van der Waals surface area contributed by atoms with Gasteiger partial charge in [0.2, 0.25) is 11.8 Å². The molecule has 2 aliphatic heterocycles. The monoisotopic (exact) mass is 579 g/mol. The molecule has 3 aliphatic rings. The molecule has 42 heavy (non-hydrogen) atoms. The average molecular weight is 580 g/mol. The molecule has 0 spiro atoms. The minimum Gasteiger partial charge on any atom is -0.497 e. The number of hydrogen-bond donors (Lipinski definition) is 0. The van der Waals surface area contributed by atoms with Crippen molar-refractivity contribution in [1.82, 2.24) is 14.9 Å². The summed E-state index contributed by atoms with van der Waals surface area (Å²) in [6.45, 7) is 11.6. The molecule has 2 bridgehead atoms. The molecule has 9 heteroatoms. The van der Waals surface area contributed by atoms with Crippen molar-refractivity contribution in [3.8, 4) is 11.6 Å². The first-order valence-electron chi connectivity index (χ1n) is 15.3. The molecule has 2 aromatic rings. The largest absolute Gasteiger partial charge is 0.497 e. The van der Waals surface area contributed by atoms with E-state index in [4.69, 9.17) is 24.2 Å². The molecule has 0 N–H and O–H groups in total. The van der Waals surface area contributed by atoms with Crippen LogP contribution in [0.5, 0.6) is 11.6 Å². The highest BCUT2D eigenvalue weighted by Gasteiger charge is 2.54. The van der Waals surface area contributed by atoms with Crippen molar-refractivity contribution >= 4 is 28.7 Å². The number of amides is 1. The van der Waals surface area contributed by atoms with Gasteiger partial charge in [0.1, 0.15) is 23.1 Å². The Morgan fingerprint density at radius 2 is 1.88 bits per heavy atom. The Hall–Kier alpha value is -3.23. The van der Waals surface area contributed by atoms with Gasteiger partial charge in [-0.3, -0.25) is 14.4 Å². The summed E-state index contributed by atoms with van der Waals surface area (Å²) in [5.74, 6) is -0.129. The van der Waals surface area contributed by atoms with E-state index in [1.165, 1.54) is 6.92 Å². The second-order valence-electron chi connectivity index (χ2n) is 13.8. The number of benzene rings is 1. The number of nitrogens with zero attached hydrogens (tertiary/aromatic N) is 3. The van der Waals surface area contributed by atoms with Crippen molar-refractivity contribution in [2.45, 2.75) is 104 Å². The summed E-state index contributed by atoms with van der Waals surface area (Å²) in [5.41, 5.74) is 1.23. The van der Waals surface area contributed by atoms with Gasteiger partial charge in [0.25, 0.3) is 0 Å². The van der Waals surface area contributed by atoms with Crippen LogP contribution in [-0.4, -0.2) is 63.9 Å². The Labute approximate surface area is 248 Å². The van der Waals surface area contributed by atoms with Gasteiger partial charge in [-0.15, -0.1) is 0 Å². The number of hydrogen-bond acceptors (Lipinski definition) is 8. The second kappa shape index (κ2) is 11.5. The lowest BCUT2D eigenvalue weighted by molar-refractivity contribution is -0.158. The molecule has 9 nitrogen and oxygen atoms in total. The molecule has 1 saturated heterocycles. The smallest absolute Gasteiger partial charge is 0.307 e. The number of aryl methyl sites for hydroxylation is 1. The molecule has 3 heterocycles. The highest BCUT2D eigenvalue weighted by Crippen LogP contribution is 2.50. The van der Waals surface area contributed by atoms with Crippen LogP contribution in [0, 0.1) is 23.2 Å². The lowest BCUT2D eigenvalue weighted by atomic mass is 9.77. The van der Waals surface area contributed by atoms with Gasteiger partial charge in [0.15, 0.2) is 5.78 Å². The topological polar surface area (TPSA) is 108 Å². The standard InChI is InChI=1S/C33H45N3O6/c1-19-27-18-36(29(19)20(2)37)31(39)23(32(3,4)5)16-28(38)42-33(6)17-21(33)11-9-8-10-12-25-30(41-27)35-26-15-22(40-7)13-14-24(26)34-25/h13-15,19,21,23,27,29H,8-12,16-18H2,1-7H3/t19-,21-,23-,27+,29+,33-/m1/s1. The number of methoxy groups -OCH3 is 1. The van der Waals surface area contributed by atoms with Crippen molar-refractivity contribution in [3.05, 3.63) is 23.9 Å². The van der Waals surface area contributed by atoms with Gasteiger partial charge in [-0.05, 0) is 57.1 Å². The fraction of sp³-hybridized carbons (Fsp3) is 0.667. The van der Waals surface area contributed by atoms with Crippen molar-refractivity contribution < 1.29 is 28.6 Å². The highest BCUT2D eigenvalue weighted by atomic mass is 16.6. The third-order valence-corrected chi connectivity index (χ3v) is 9.55. The number of carbonyl (C=O) groups is 3. The van der Waals surface area contributed by atoms with Gasteiger partial charge < -0.3 is 19.1 Å². The van der Waals surface area contributed by atoms with E-state index in [1.807, 2.05) is 52.8 Å². The SMILES string of the molecule is COc1ccc2nc3c(nc2c1)O[C@H]1CN(C(=O)[C@H](C(C)(C)C)CC(=O)O[C@]2(C)C[C@H]2CCCCC3)[C@H](C(C)=O)[C@@H]1C. The van der Waals surface area contributed by atoms with Gasteiger partial charge in [-0.2, -0.15) is 0 Å². The zero-order chi connectivity index (χ0) is 30.4. The second-order valence-corrected chi connectivity index (χ2v) is 13.8. The van der Waals surface area contributed by atoms with E-state index in [1.54, 1.807) is 12.0 Å². The fourth-order valence-corrected chi connectivity index (χ4v) is 6.76. The van der Waals surface area contributed by atoms with E-state index >= 15 is 0 Å². The van der Waals surface area contributed by atoms with Crippen LogP contribution in [0.4, 0.5) is 0 Å². The van der Waals surface area contributed by atoms with Crippen LogP contribution >= 0.6 is 0 Å². The lowest BCUT2D eigenvalue weighted by Gasteiger charge is -2.35. The van der Waals surface area contributed by atoms with Crippen molar-refractivity contribution in [2.75, 3.05) is 13.7 Å². The zero-order valence-corrected chi connectivity index (χ0v) is 26.1.